The van der Waals surface area contributed by atoms with Crippen LogP contribution in [0.3, 0.4) is 0 Å². The average molecular weight is 263 g/mol. The van der Waals surface area contributed by atoms with E-state index in [-0.39, 0.29) is 11.6 Å². The molecule has 102 valence electrons. The van der Waals surface area contributed by atoms with E-state index in [9.17, 15) is 4.39 Å². The first-order valence-electron chi connectivity index (χ1n) is 6.45. The molecular formula is C14H18FN3O. The van der Waals surface area contributed by atoms with Gasteiger partial charge < -0.3 is 10.1 Å². The minimum absolute atomic E-state index is 0.0754. The summed E-state index contributed by atoms with van der Waals surface area (Å²) in [6.45, 7) is 6.38. The van der Waals surface area contributed by atoms with Gasteiger partial charge in [-0.1, -0.05) is 0 Å². The standard InChI is InChI=1S/C14H18FN3O/c1-11(10-18-4-6-19-7-5-18)17-13-3-2-12(9-16)14(15)8-13/h2-3,8,11,17H,4-7,10H2,1H3. The fourth-order valence-corrected chi connectivity index (χ4v) is 2.20. The summed E-state index contributed by atoms with van der Waals surface area (Å²) in [6, 6.07) is 6.63. The minimum atomic E-state index is -0.480. The lowest BCUT2D eigenvalue weighted by atomic mass is 10.2. The minimum Gasteiger partial charge on any atom is -0.381 e. The van der Waals surface area contributed by atoms with Gasteiger partial charge in [-0.25, -0.2) is 4.39 Å². The van der Waals surface area contributed by atoms with Gasteiger partial charge in [0.25, 0.3) is 0 Å². The molecule has 0 saturated carbocycles. The van der Waals surface area contributed by atoms with Gasteiger partial charge >= 0.3 is 0 Å². The Morgan fingerprint density at radius 2 is 2.21 bits per heavy atom. The lowest BCUT2D eigenvalue weighted by Gasteiger charge is -2.29. The van der Waals surface area contributed by atoms with Crippen molar-refractivity contribution in [3.63, 3.8) is 0 Å². The van der Waals surface area contributed by atoms with Crippen molar-refractivity contribution in [2.45, 2.75) is 13.0 Å². The van der Waals surface area contributed by atoms with Gasteiger partial charge in [0.05, 0.1) is 18.8 Å². The Labute approximate surface area is 112 Å². The Balaban J connectivity index is 1.89. The zero-order valence-corrected chi connectivity index (χ0v) is 11.0. The predicted octanol–water partition coefficient (Wildman–Crippen LogP) is 1.83. The van der Waals surface area contributed by atoms with Crippen LogP contribution in [0, 0.1) is 17.1 Å². The van der Waals surface area contributed by atoms with Crippen molar-refractivity contribution < 1.29 is 9.13 Å². The number of anilines is 1. The first-order valence-corrected chi connectivity index (χ1v) is 6.45. The van der Waals surface area contributed by atoms with E-state index in [1.54, 1.807) is 6.07 Å². The van der Waals surface area contributed by atoms with Gasteiger partial charge in [-0.15, -0.1) is 0 Å². The van der Waals surface area contributed by atoms with Crippen LogP contribution in [-0.2, 0) is 4.74 Å². The SMILES string of the molecule is CC(CN1CCOCC1)Nc1ccc(C#N)c(F)c1. The number of hydrogen-bond donors (Lipinski definition) is 1. The molecule has 0 aliphatic carbocycles. The van der Waals surface area contributed by atoms with Gasteiger partial charge in [0.1, 0.15) is 11.9 Å². The second-order valence-electron chi connectivity index (χ2n) is 4.76. The molecule has 1 heterocycles. The highest BCUT2D eigenvalue weighted by atomic mass is 19.1. The van der Waals surface area contributed by atoms with Gasteiger partial charge in [0.2, 0.25) is 0 Å². The van der Waals surface area contributed by atoms with Crippen molar-refractivity contribution in [2.24, 2.45) is 0 Å². The summed E-state index contributed by atoms with van der Waals surface area (Å²) in [5.74, 6) is -0.480. The van der Waals surface area contributed by atoms with E-state index in [2.05, 4.69) is 17.1 Å². The maximum atomic E-state index is 13.5. The molecule has 0 spiro atoms. The summed E-state index contributed by atoms with van der Waals surface area (Å²) in [4.78, 5) is 2.32. The molecule has 0 bridgehead atoms. The van der Waals surface area contributed by atoms with Crippen LogP contribution in [0.1, 0.15) is 12.5 Å². The summed E-state index contributed by atoms with van der Waals surface area (Å²) in [5.41, 5.74) is 0.781. The molecule has 0 radical (unpaired) electrons. The highest BCUT2D eigenvalue weighted by Crippen LogP contribution is 2.15. The Bertz CT molecular complexity index is 466. The van der Waals surface area contributed by atoms with Crippen molar-refractivity contribution in [1.82, 2.24) is 4.90 Å². The number of nitriles is 1. The zero-order chi connectivity index (χ0) is 13.7. The lowest BCUT2D eigenvalue weighted by Crippen LogP contribution is -2.42. The van der Waals surface area contributed by atoms with Crippen LogP contribution in [0.15, 0.2) is 18.2 Å². The molecule has 4 nitrogen and oxygen atoms in total. The Hall–Kier alpha value is -1.64. The topological polar surface area (TPSA) is 48.3 Å². The Kier molecular flexibility index (Phi) is 4.72. The summed E-state index contributed by atoms with van der Waals surface area (Å²) in [5, 5.41) is 11.9. The molecule has 19 heavy (non-hydrogen) atoms. The van der Waals surface area contributed by atoms with Crippen LogP contribution in [0.25, 0.3) is 0 Å². The van der Waals surface area contributed by atoms with E-state index >= 15 is 0 Å². The van der Waals surface area contributed by atoms with Crippen LogP contribution in [0.2, 0.25) is 0 Å². The van der Waals surface area contributed by atoms with E-state index in [1.807, 2.05) is 6.07 Å². The van der Waals surface area contributed by atoms with Crippen molar-refractivity contribution in [2.75, 3.05) is 38.2 Å². The van der Waals surface area contributed by atoms with Crippen molar-refractivity contribution in [3.05, 3.63) is 29.6 Å². The molecule has 5 heteroatoms. The van der Waals surface area contributed by atoms with Crippen LogP contribution in [0.5, 0.6) is 0 Å². The molecule has 2 rings (SSSR count). The largest absolute Gasteiger partial charge is 0.381 e. The van der Waals surface area contributed by atoms with Gasteiger partial charge in [-0.2, -0.15) is 5.26 Å². The van der Waals surface area contributed by atoms with E-state index in [4.69, 9.17) is 10.00 Å². The highest BCUT2D eigenvalue weighted by molar-refractivity contribution is 5.48. The highest BCUT2D eigenvalue weighted by Gasteiger charge is 2.13. The molecule has 1 aromatic carbocycles. The van der Waals surface area contributed by atoms with Crippen molar-refractivity contribution in [3.8, 4) is 6.07 Å². The van der Waals surface area contributed by atoms with E-state index < -0.39 is 5.82 Å². The zero-order valence-electron chi connectivity index (χ0n) is 11.0. The molecular weight excluding hydrogens is 245 g/mol. The molecule has 1 unspecified atom stereocenters. The van der Waals surface area contributed by atoms with Crippen LogP contribution in [0.4, 0.5) is 10.1 Å². The maximum Gasteiger partial charge on any atom is 0.143 e. The van der Waals surface area contributed by atoms with E-state index in [0.717, 1.165) is 32.8 Å². The molecule has 1 aromatic rings. The Morgan fingerprint density at radius 3 is 2.84 bits per heavy atom. The fourth-order valence-electron chi connectivity index (χ4n) is 2.20. The third-order valence-electron chi connectivity index (χ3n) is 3.14. The number of morpholine rings is 1. The number of rotatable bonds is 4. The molecule has 1 aliphatic heterocycles. The van der Waals surface area contributed by atoms with E-state index in [1.165, 1.54) is 12.1 Å². The Morgan fingerprint density at radius 1 is 1.47 bits per heavy atom. The first-order chi connectivity index (χ1) is 9.19. The van der Waals surface area contributed by atoms with Gasteiger partial charge in [-0.3, -0.25) is 4.90 Å². The summed E-state index contributed by atoms with van der Waals surface area (Å²) in [6.07, 6.45) is 0. The molecule has 1 aliphatic rings. The fraction of sp³-hybridized carbons (Fsp3) is 0.500. The maximum absolute atomic E-state index is 13.5. The number of nitrogens with one attached hydrogen (secondary N) is 1. The smallest absolute Gasteiger partial charge is 0.143 e. The lowest BCUT2D eigenvalue weighted by molar-refractivity contribution is 0.0368. The van der Waals surface area contributed by atoms with Gasteiger partial charge in [0.15, 0.2) is 0 Å². The number of hydrogen-bond acceptors (Lipinski definition) is 4. The quantitative estimate of drug-likeness (QED) is 0.900. The summed E-state index contributed by atoms with van der Waals surface area (Å²) < 4.78 is 18.8. The molecule has 0 amide bonds. The number of benzene rings is 1. The van der Waals surface area contributed by atoms with Crippen LogP contribution >= 0.6 is 0 Å². The van der Waals surface area contributed by atoms with Crippen LogP contribution in [-0.4, -0.2) is 43.8 Å². The third kappa shape index (κ3) is 3.91. The summed E-state index contributed by atoms with van der Waals surface area (Å²) in [7, 11) is 0. The molecule has 1 N–H and O–H groups in total. The normalized spacial score (nSPS) is 17.7. The van der Waals surface area contributed by atoms with Crippen molar-refractivity contribution >= 4 is 5.69 Å². The van der Waals surface area contributed by atoms with Gasteiger partial charge in [0, 0.05) is 31.4 Å². The second-order valence-corrected chi connectivity index (χ2v) is 4.76. The predicted molar refractivity (Wildman–Crippen MR) is 71.5 cm³/mol. The molecule has 1 saturated heterocycles. The van der Waals surface area contributed by atoms with Gasteiger partial charge in [-0.05, 0) is 25.1 Å². The molecule has 1 atom stereocenters. The van der Waals surface area contributed by atoms with Crippen molar-refractivity contribution in [1.29, 1.82) is 5.26 Å². The number of ether oxygens (including phenoxy) is 1. The van der Waals surface area contributed by atoms with Crippen LogP contribution < -0.4 is 5.32 Å². The molecule has 0 aromatic heterocycles. The number of nitrogens with zero attached hydrogens (tertiary/aromatic N) is 2. The van der Waals surface area contributed by atoms with E-state index in [0.29, 0.717) is 5.69 Å². The monoisotopic (exact) mass is 263 g/mol. The average Bonchev–Trinajstić information content (AvgIpc) is 2.40. The molecule has 1 fully saturated rings. The number of halogens is 1. The third-order valence-corrected chi connectivity index (χ3v) is 3.14. The summed E-state index contributed by atoms with van der Waals surface area (Å²) >= 11 is 0. The first kappa shape index (κ1) is 13.8. The second kappa shape index (κ2) is 6.50.